The van der Waals surface area contributed by atoms with Gasteiger partial charge in [-0.15, -0.1) is 0 Å². The zero-order chi connectivity index (χ0) is 11.5. The van der Waals surface area contributed by atoms with Gasteiger partial charge in [0.25, 0.3) is 0 Å². The van der Waals surface area contributed by atoms with Crippen LogP contribution in [0, 0.1) is 12.8 Å². The molecular weight excluding hydrogens is 220 g/mol. The van der Waals surface area contributed by atoms with Gasteiger partial charge in [0.15, 0.2) is 0 Å². The van der Waals surface area contributed by atoms with Crippen molar-refractivity contribution < 1.29 is 0 Å². The summed E-state index contributed by atoms with van der Waals surface area (Å²) in [6, 6.07) is 6.29. The van der Waals surface area contributed by atoms with Crippen molar-refractivity contribution in [2.24, 2.45) is 11.7 Å². The van der Waals surface area contributed by atoms with E-state index >= 15 is 0 Å². The third-order valence-electron chi connectivity index (χ3n) is 3.31. The van der Waals surface area contributed by atoms with Crippen LogP contribution in [0.4, 0.5) is 0 Å². The monoisotopic (exact) mass is 238 g/mol. The van der Waals surface area contributed by atoms with Crippen molar-refractivity contribution >= 4 is 11.6 Å². The quantitative estimate of drug-likeness (QED) is 0.877. The SMILES string of the molecule is Cc1ccc(CN2CCC(CN)C2)c(Cl)c1. The van der Waals surface area contributed by atoms with Gasteiger partial charge in [0.2, 0.25) is 0 Å². The number of nitrogens with zero attached hydrogens (tertiary/aromatic N) is 1. The molecule has 1 heterocycles. The first kappa shape index (κ1) is 11.9. The molecule has 0 amide bonds. The Morgan fingerprint density at radius 3 is 2.94 bits per heavy atom. The summed E-state index contributed by atoms with van der Waals surface area (Å²) in [7, 11) is 0. The Hall–Kier alpha value is -0.570. The van der Waals surface area contributed by atoms with E-state index in [-0.39, 0.29) is 0 Å². The van der Waals surface area contributed by atoms with Crippen LogP contribution in [-0.2, 0) is 6.54 Å². The van der Waals surface area contributed by atoms with Gasteiger partial charge in [0.1, 0.15) is 0 Å². The minimum Gasteiger partial charge on any atom is -0.330 e. The predicted octanol–water partition coefficient (Wildman–Crippen LogP) is 2.43. The number of hydrogen-bond acceptors (Lipinski definition) is 2. The molecule has 2 N–H and O–H groups in total. The summed E-state index contributed by atoms with van der Waals surface area (Å²) in [6.45, 7) is 6.08. The van der Waals surface area contributed by atoms with Crippen molar-refractivity contribution in [2.45, 2.75) is 19.9 Å². The fraction of sp³-hybridized carbons (Fsp3) is 0.538. The molecule has 0 aromatic heterocycles. The second-order valence-electron chi connectivity index (χ2n) is 4.72. The Balaban J connectivity index is 1.99. The molecule has 0 spiro atoms. The Bertz CT molecular complexity index is 365. The van der Waals surface area contributed by atoms with Crippen LogP contribution in [0.5, 0.6) is 0 Å². The van der Waals surface area contributed by atoms with Crippen molar-refractivity contribution in [3.63, 3.8) is 0 Å². The number of rotatable bonds is 3. The lowest BCUT2D eigenvalue weighted by Crippen LogP contribution is -2.22. The lowest BCUT2D eigenvalue weighted by Gasteiger charge is -2.16. The largest absolute Gasteiger partial charge is 0.330 e. The normalized spacial score (nSPS) is 21.6. The standard InChI is InChI=1S/C13H19ClN2/c1-10-2-3-12(13(14)6-10)9-16-5-4-11(7-15)8-16/h2-3,6,11H,4-5,7-9,15H2,1H3. The van der Waals surface area contributed by atoms with E-state index in [1.807, 2.05) is 6.07 Å². The third-order valence-corrected chi connectivity index (χ3v) is 3.66. The van der Waals surface area contributed by atoms with Gasteiger partial charge in [0, 0.05) is 18.1 Å². The maximum Gasteiger partial charge on any atom is 0.0453 e. The highest BCUT2D eigenvalue weighted by molar-refractivity contribution is 6.31. The second kappa shape index (κ2) is 5.17. The van der Waals surface area contributed by atoms with E-state index in [0.29, 0.717) is 5.92 Å². The van der Waals surface area contributed by atoms with Gasteiger partial charge in [0.05, 0.1) is 0 Å². The van der Waals surface area contributed by atoms with E-state index in [2.05, 4.69) is 24.0 Å². The van der Waals surface area contributed by atoms with Crippen LogP contribution in [0.25, 0.3) is 0 Å². The molecule has 1 aromatic rings. The highest BCUT2D eigenvalue weighted by Crippen LogP contribution is 2.22. The van der Waals surface area contributed by atoms with E-state index < -0.39 is 0 Å². The molecule has 3 heteroatoms. The van der Waals surface area contributed by atoms with Crippen molar-refractivity contribution in [1.82, 2.24) is 4.90 Å². The zero-order valence-corrected chi connectivity index (χ0v) is 10.5. The summed E-state index contributed by atoms with van der Waals surface area (Å²) in [4.78, 5) is 2.44. The molecule has 0 bridgehead atoms. The maximum absolute atomic E-state index is 6.23. The van der Waals surface area contributed by atoms with Crippen LogP contribution in [0.1, 0.15) is 17.5 Å². The van der Waals surface area contributed by atoms with Crippen LogP contribution >= 0.6 is 11.6 Å². The van der Waals surface area contributed by atoms with E-state index in [9.17, 15) is 0 Å². The lowest BCUT2D eigenvalue weighted by molar-refractivity contribution is 0.318. The molecule has 1 aromatic carbocycles. The van der Waals surface area contributed by atoms with Gasteiger partial charge in [-0.2, -0.15) is 0 Å². The van der Waals surface area contributed by atoms with Crippen LogP contribution in [0.3, 0.4) is 0 Å². The van der Waals surface area contributed by atoms with Crippen molar-refractivity contribution in [3.05, 3.63) is 34.3 Å². The Kier molecular flexibility index (Phi) is 3.85. The minimum atomic E-state index is 0.671. The predicted molar refractivity (Wildman–Crippen MR) is 68.6 cm³/mol. The molecule has 0 radical (unpaired) electrons. The van der Waals surface area contributed by atoms with E-state index in [1.54, 1.807) is 0 Å². The number of hydrogen-bond donors (Lipinski definition) is 1. The van der Waals surface area contributed by atoms with Crippen molar-refractivity contribution in [3.8, 4) is 0 Å². The average Bonchev–Trinajstić information content (AvgIpc) is 2.70. The molecular formula is C13H19ClN2. The average molecular weight is 239 g/mol. The summed E-state index contributed by atoms with van der Waals surface area (Å²) < 4.78 is 0. The molecule has 1 unspecified atom stereocenters. The van der Waals surface area contributed by atoms with Gasteiger partial charge in [-0.25, -0.2) is 0 Å². The minimum absolute atomic E-state index is 0.671. The maximum atomic E-state index is 6.23. The molecule has 0 aliphatic carbocycles. The van der Waals surface area contributed by atoms with Crippen LogP contribution in [0.2, 0.25) is 5.02 Å². The van der Waals surface area contributed by atoms with Crippen LogP contribution in [-0.4, -0.2) is 24.5 Å². The number of aryl methyl sites for hydroxylation is 1. The van der Waals surface area contributed by atoms with Crippen molar-refractivity contribution in [2.75, 3.05) is 19.6 Å². The molecule has 1 saturated heterocycles. The van der Waals surface area contributed by atoms with Gasteiger partial charge in [-0.3, -0.25) is 4.90 Å². The second-order valence-corrected chi connectivity index (χ2v) is 5.13. The molecule has 16 heavy (non-hydrogen) atoms. The lowest BCUT2D eigenvalue weighted by atomic mass is 10.1. The van der Waals surface area contributed by atoms with Gasteiger partial charge in [-0.1, -0.05) is 23.7 Å². The number of likely N-dealkylation sites (tertiary alicyclic amines) is 1. The van der Waals surface area contributed by atoms with Gasteiger partial charge < -0.3 is 5.73 Å². The molecule has 2 nitrogen and oxygen atoms in total. The molecule has 0 saturated carbocycles. The summed E-state index contributed by atoms with van der Waals surface area (Å²) in [5, 5.41) is 0.885. The fourth-order valence-electron chi connectivity index (χ4n) is 2.27. The smallest absolute Gasteiger partial charge is 0.0453 e. The first-order chi connectivity index (χ1) is 7.69. The molecule has 1 fully saturated rings. The van der Waals surface area contributed by atoms with Gasteiger partial charge >= 0.3 is 0 Å². The Morgan fingerprint density at radius 2 is 2.31 bits per heavy atom. The van der Waals surface area contributed by atoms with Crippen LogP contribution in [0.15, 0.2) is 18.2 Å². The van der Waals surface area contributed by atoms with E-state index in [1.165, 1.54) is 17.5 Å². The number of nitrogens with two attached hydrogens (primary N) is 1. The third kappa shape index (κ3) is 2.76. The number of benzene rings is 1. The molecule has 2 rings (SSSR count). The van der Waals surface area contributed by atoms with E-state index in [0.717, 1.165) is 31.2 Å². The molecule has 1 atom stereocenters. The van der Waals surface area contributed by atoms with Gasteiger partial charge in [-0.05, 0) is 49.5 Å². The summed E-state index contributed by atoms with van der Waals surface area (Å²) in [5.74, 6) is 0.671. The first-order valence-corrected chi connectivity index (χ1v) is 6.24. The van der Waals surface area contributed by atoms with Crippen LogP contribution < -0.4 is 5.73 Å². The molecule has 88 valence electrons. The van der Waals surface area contributed by atoms with Crippen molar-refractivity contribution in [1.29, 1.82) is 0 Å². The Labute approximate surface area is 102 Å². The van der Waals surface area contributed by atoms with E-state index in [4.69, 9.17) is 17.3 Å². The highest BCUT2D eigenvalue weighted by atomic mass is 35.5. The first-order valence-electron chi connectivity index (χ1n) is 5.86. The number of halogens is 1. The fourth-order valence-corrected chi connectivity index (χ4v) is 2.57. The topological polar surface area (TPSA) is 29.3 Å². The zero-order valence-electron chi connectivity index (χ0n) is 9.75. The summed E-state index contributed by atoms with van der Waals surface area (Å²) in [6.07, 6.45) is 1.22. The summed E-state index contributed by atoms with van der Waals surface area (Å²) in [5.41, 5.74) is 8.13. The molecule has 1 aliphatic rings. The molecule has 1 aliphatic heterocycles. The highest BCUT2D eigenvalue weighted by Gasteiger charge is 2.21. The summed E-state index contributed by atoms with van der Waals surface area (Å²) >= 11 is 6.23. The Morgan fingerprint density at radius 1 is 1.50 bits per heavy atom.